The van der Waals surface area contributed by atoms with Crippen LogP contribution in [-0.4, -0.2) is 54.6 Å². The van der Waals surface area contributed by atoms with Crippen molar-refractivity contribution in [2.75, 3.05) is 13.1 Å². The van der Waals surface area contributed by atoms with Crippen LogP contribution in [0.5, 0.6) is 0 Å². The molecule has 2 aromatic carbocycles. The van der Waals surface area contributed by atoms with Crippen LogP contribution in [-0.2, 0) is 38.4 Å². The van der Waals surface area contributed by atoms with Gasteiger partial charge in [0, 0.05) is 19.5 Å². The second-order valence-electron chi connectivity index (χ2n) is 11.6. The van der Waals surface area contributed by atoms with E-state index < -0.39 is 41.6 Å². The number of nitrogens with one attached hydrogen (secondary N) is 4. The molecule has 240 valence electrons. The van der Waals surface area contributed by atoms with Gasteiger partial charge in [0.25, 0.3) is 0 Å². The summed E-state index contributed by atoms with van der Waals surface area (Å²) in [6, 6.07) is 17.1. The Hall–Kier alpha value is -4.41. The Balaban J connectivity index is 1.64. The van der Waals surface area contributed by atoms with Gasteiger partial charge >= 0.3 is 6.09 Å². The number of carbonyl (C=O) groups is 5. The minimum absolute atomic E-state index is 0.0484. The lowest BCUT2D eigenvalue weighted by atomic mass is 10.0. The van der Waals surface area contributed by atoms with Gasteiger partial charge in [-0.25, -0.2) is 4.79 Å². The predicted octanol–water partition coefficient (Wildman–Crippen LogP) is 2.94. The summed E-state index contributed by atoms with van der Waals surface area (Å²) in [6.45, 7) is 5.46. The summed E-state index contributed by atoms with van der Waals surface area (Å²) in [7, 11) is 0. The van der Waals surface area contributed by atoms with Crippen molar-refractivity contribution in [2.45, 2.75) is 90.2 Å². The van der Waals surface area contributed by atoms with Gasteiger partial charge in [-0.2, -0.15) is 0 Å². The maximum absolute atomic E-state index is 12.5. The zero-order valence-electron chi connectivity index (χ0n) is 25.9. The van der Waals surface area contributed by atoms with Gasteiger partial charge in [-0.15, -0.1) is 0 Å². The molecule has 0 unspecified atom stereocenters. The smallest absolute Gasteiger partial charge is 0.407 e. The van der Waals surface area contributed by atoms with E-state index in [-0.39, 0.29) is 25.8 Å². The molecule has 0 heterocycles. The third-order valence-electron chi connectivity index (χ3n) is 6.54. The molecule has 11 nitrogen and oxygen atoms in total. The minimum Gasteiger partial charge on any atom is -0.530 e. The van der Waals surface area contributed by atoms with Crippen molar-refractivity contribution in [1.29, 1.82) is 0 Å². The first kappa shape index (κ1) is 35.8. The number of ether oxygens (including phenoxy) is 1. The van der Waals surface area contributed by atoms with Gasteiger partial charge < -0.3 is 30.6 Å². The molecule has 0 bridgehead atoms. The van der Waals surface area contributed by atoms with Crippen LogP contribution in [0, 0.1) is 0 Å². The molecule has 0 aromatic heterocycles. The van der Waals surface area contributed by atoms with E-state index in [1.54, 1.807) is 20.8 Å². The Morgan fingerprint density at radius 1 is 0.750 bits per heavy atom. The van der Waals surface area contributed by atoms with Crippen LogP contribution in [0.15, 0.2) is 54.6 Å². The first-order valence-electron chi connectivity index (χ1n) is 15.1. The maximum atomic E-state index is 12.5. The van der Waals surface area contributed by atoms with Crippen molar-refractivity contribution in [3.05, 3.63) is 71.3 Å². The molecule has 0 fully saturated rings. The average molecular weight is 610 g/mol. The van der Waals surface area contributed by atoms with Gasteiger partial charge in [0.1, 0.15) is 17.7 Å². The largest absolute Gasteiger partial charge is 0.530 e. The molecule has 11 heteroatoms. The molecule has 0 spiro atoms. The Bertz CT molecular complexity index is 1210. The molecule has 2 rings (SSSR count). The highest BCUT2D eigenvalue weighted by Crippen LogP contribution is 2.11. The van der Waals surface area contributed by atoms with Gasteiger partial charge in [-0.1, -0.05) is 54.6 Å². The van der Waals surface area contributed by atoms with Crippen LogP contribution < -0.4 is 26.4 Å². The highest BCUT2D eigenvalue weighted by atomic mass is 16.6. The van der Waals surface area contributed by atoms with E-state index >= 15 is 0 Å². The molecule has 44 heavy (non-hydrogen) atoms. The average Bonchev–Trinajstić information content (AvgIpc) is 2.94. The topological polar surface area (TPSA) is 166 Å². The Morgan fingerprint density at radius 2 is 1.36 bits per heavy atom. The molecule has 0 aliphatic rings. The number of carbonyl (C=O) groups excluding carboxylic acids is 5. The number of alkyl carbamates (subject to hydrolysis) is 1. The van der Waals surface area contributed by atoms with Crippen LogP contribution in [0.25, 0.3) is 0 Å². The summed E-state index contributed by atoms with van der Waals surface area (Å²) >= 11 is 0. The number of aryl methyl sites for hydroxylation is 2. The fourth-order valence-electron chi connectivity index (χ4n) is 4.39. The number of unbranched alkanes of at least 4 members (excludes halogenated alkanes) is 2. The lowest BCUT2D eigenvalue weighted by Crippen LogP contribution is -2.51. The van der Waals surface area contributed by atoms with E-state index in [1.165, 1.54) is 11.1 Å². The number of hydrogen-bond donors (Lipinski definition) is 4. The van der Waals surface area contributed by atoms with Crippen LogP contribution >= 0.6 is 0 Å². The first-order chi connectivity index (χ1) is 20.9. The first-order valence-corrected chi connectivity index (χ1v) is 15.1. The van der Waals surface area contributed by atoms with E-state index in [4.69, 9.17) is 4.74 Å². The summed E-state index contributed by atoms with van der Waals surface area (Å²) in [5, 5.41) is 20.5. The molecule has 0 radical (unpaired) electrons. The summed E-state index contributed by atoms with van der Waals surface area (Å²) in [5.41, 5.74) is 2.69. The molecule has 0 saturated carbocycles. The van der Waals surface area contributed by atoms with Crippen molar-refractivity contribution in [3.63, 3.8) is 0 Å². The van der Waals surface area contributed by atoms with Crippen molar-refractivity contribution >= 4 is 29.9 Å². The molecule has 0 saturated heterocycles. The summed E-state index contributed by atoms with van der Waals surface area (Å²) in [4.78, 5) is 59.7. The maximum Gasteiger partial charge on any atom is 0.407 e. The van der Waals surface area contributed by atoms with Crippen LogP contribution in [0.1, 0.15) is 76.0 Å². The monoisotopic (exact) mass is 609 g/mol. The molecular weight excluding hydrogens is 564 g/mol. The molecule has 1 atom stereocenters. The highest BCUT2D eigenvalue weighted by Gasteiger charge is 2.19. The van der Waals surface area contributed by atoms with Gasteiger partial charge in [-0.05, 0) is 82.4 Å². The van der Waals surface area contributed by atoms with Crippen molar-refractivity contribution in [3.8, 4) is 0 Å². The zero-order valence-corrected chi connectivity index (χ0v) is 25.9. The predicted molar refractivity (Wildman–Crippen MR) is 164 cm³/mol. The SMILES string of the molecule is CC(C)(C)OC(=O)NCCCC[C@H](NC(=O)[O-])C(=O)NCCC(=O)NC(=O)Cc1ccc(CCCCc2ccccc2)cc1. The molecule has 5 amide bonds. The van der Waals surface area contributed by atoms with E-state index in [2.05, 4.69) is 33.4 Å². The molecule has 2 aromatic rings. The lowest BCUT2D eigenvalue weighted by Gasteiger charge is -2.20. The van der Waals surface area contributed by atoms with E-state index in [9.17, 15) is 29.1 Å². The number of carboxylic acid groups (broad SMARTS) is 1. The number of amides is 5. The van der Waals surface area contributed by atoms with Gasteiger partial charge in [0.2, 0.25) is 17.7 Å². The minimum atomic E-state index is -1.60. The van der Waals surface area contributed by atoms with Crippen molar-refractivity contribution in [1.82, 2.24) is 21.3 Å². The fraction of sp³-hybridized carbons (Fsp3) is 0.485. The van der Waals surface area contributed by atoms with Gasteiger partial charge in [-0.3, -0.25) is 19.7 Å². The fourth-order valence-corrected chi connectivity index (χ4v) is 4.39. The Labute approximate surface area is 259 Å². The summed E-state index contributed by atoms with van der Waals surface area (Å²) in [6.07, 6.45) is 2.97. The standard InChI is InChI=1S/C33H46N4O7/c1-33(2,3)44-32(43)35-21-10-9-15-27(36-31(41)42)30(40)34-22-20-28(38)37-29(39)23-26-18-16-25(17-19-26)14-8-7-13-24-11-5-4-6-12-24/h4-6,11-12,16-19,27,36H,7-10,13-15,20-23H2,1-3H3,(H,34,40)(H,35,43)(H,41,42)(H,37,38,39)/p-1/t27-/m0/s1. The van der Waals surface area contributed by atoms with Crippen molar-refractivity contribution in [2.24, 2.45) is 0 Å². The normalized spacial score (nSPS) is 11.6. The summed E-state index contributed by atoms with van der Waals surface area (Å²) < 4.78 is 5.14. The Kier molecular flexibility index (Phi) is 15.4. The Morgan fingerprint density at radius 3 is 1.98 bits per heavy atom. The molecule has 4 N–H and O–H groups in total. The van der Waals surface area contributed by atoms with E-state index in [0.29, 0.717) is 19.4 Å². The quantitative estimate of drug-likeness (QED) is 0.200. The van der Waals surface area contributed by atoms with E-state index in [1.807, 2.05) is 42.5 Å². The second-order valence-corrected chi connectivity index (χ2v) is 11.6. The van der Waals surface area contributed by atoms with Crippen LogP contribution in [0.3, 0.4) is 0 Å². The molecule has 0 aliphatic heterocycles. The zero-order chi connectivity index (χ0) is 32.4. The number of rotatable bonds is 17. The number of benzene rings is 2. The molecular formula is C33H45N4O7-. The summed E-state index contributed by atoms with van der Waals surface area (Å²) in [5.74, 6) is -1.62. The number of imide groups is 1. The van der Waals surface area contributed by atoms with Gasteiger partial charge in [0.05, 0.1) is 6.42 Å². The third-order valence-corrected chi connectivity index (χ3v) is 6.54. The van der Waals surface area contributed by atoms with Crippen molar-refractivity contribution < 1.29 is 33.8 Å². The number of hydrogen-bond acceptors (Lipinski definition) is 7. The van der Waals surface area contributed by atoms with Crippen LogP contribution in [0.2, 0.25) is 0 Å². The third kappa shape index (κ3) is 16.3. The van der Waals surface area contributed by atoms with Crippen LogP contribution in [0.4, 0.5) is 9.59 Å². The van der Waals surface area contributed by atoms with Gasteiger partial charge in [0.15, 0.2) is 0 Å². The van der Waals surface area contributed by atoms with E-state index in [0.717, 1.165) is 31.2 Å². The molecule has 0 aliphatic carbocycles. The highest BCUT2D eigenvalue weighted by molar-refractivity contribution is 5.96. The second kappa shape index (κ2) is 19.0. The lowest BCUT2D eigenvalue weighted by molar-refractivity contribution is -0.251.